The Morgan fingerprint density at radius 2 is 1.17 bits per heavy atom. The van der Waals surface area contributed by atoms with Gasteiger partial charge in [-0.2, -0.15) is 0 Å². The van der Waals surface area contributed by atoms with Crippen LogP contribution in [0.3, 0.4) is 0 Å². The number of amides is 2. The monoisotopic (exact) mass is 1180 g/mol. The summed E-state index contributed by atoms with van der Waals surface area (Å²) in [6.45, 7) is -0.0365. The van der Waals surface area contributed by atoms with E-state index in [-0.39, 0.29) is 36.1 Å². The molecule has 2 saturated heterocycles. The fraction of sp³-hybridized carbons (Fsp3) is 0.349. The van der Waals surface area contributed by atoms with Crippen LogP contribution in [0, 0.1) is 12.3 Å². The second-order valence-corrected chi connectivity index (χ2v) is 19.6. The van der Waals surface area contributed by atoms with Gasteiger partial charge in [0.15, 0.2) is 36.8 Å². The molecule has 2 amide bonds. The molecule has 23 heteroatoms. The first kappa shape index (κ1) is 64.3. The number of hydrogen-bond donors (Lipinski definition) is 3. The quantitative estimate of drug-likeness (QED) is 0.0316. The SMILES string of the molecule is C#CCCO[C@@H]1O[C@H](COC2(C(=O)OC)C[C@H](OC(C)=O)[C@@H](NC(=O)CO)[C@H]([C@H](OC(C)=O)[C@@H](CNC(=O)Cc3ccc(-c4ccccc4)cc3)OC(C)=O)O2)[C@H](OC(=O)c2ccccc2)[C@H](OC(=O)c2ccccc2)[C@H]1OC(=O)c1ccccc1. The van der Waals surface area contributed by atoms with Crippen molar-refractivity contribution in [3.05, 3.63) is 168 Å². The first-order valence-corrected chi connectivity index (χ1v) is 27.1. The zero-order valence-corrected chi connectivity index (χ0v) is 47.3. The number of carbonyl (C=O) groups excluding carboxylic acids is 9. The number of ether oxygens (including phenoxy) is 11. The largest absolute Gasteiger partial charge is 0.465 e. The fourth-order valence-electron chi connectivity index (χ4n) is 9.58. The smallest absolute Gasteiger partial charge is 0.366 e. The lowest BCUT2D eigenvalue weighted by molar-refractivity contribution is -0.338. The highest BCUT2D eigenvalue weighted by molar-refractivity contribution is 5.91. The summed E-state index contributed by atoms with van der Waals surface area (Å²) in [5.74, 6) is -9.55. The summed E-state index contributed by atoms with van der Waals surface area (Å²) in [5.41, 5.74) is 2.46. The lowest BCUT2D eigenvalue weighted by Crippen LogP contribution is -2.70. The Kier molecular flexibility index (Phi) is 23.2. The number of esters is 7. The molecule has 3 N–H and O–H groups in total. The molecule has 0 saturated carbocycles. The molecule has 0 bridgehead atoms. The van der Waals surface area contributed by atoms with Gasteiger partial charge < -0.3 is 67.8 Å². The molecular formula is C63H64N2O21. The molecule has 2 aliphatic heterocycles. The van der Waals surface area contributed by atoms with E-state index < -0.39 is 147 Å². The van der Waals surface area contributed by atoms with Crippen molar-refractivity contribution in [2.75, 3.05) is 33.5 Å². The lowest BCUT2D eigenvalue weighted by atomic mass is 9.87. The third kappa shape index (κ3) is 17.4. The molecule has 2 fully saturated rings. The van der Waals surface area contributed by atoms with Gasteiger partial charge in [-0.05, 0) is 53.1 Å². The fourth-order valence-corrected chi connectivity index (χ4v) is 9.58. The van der Waals surface area contributed by atoms with Crippen LogP contribution < -0.4 is 10.6 Å². The van der Waals surface area contributed by atoms with E-state index >= 15 is 0 Å². The van der Waals surface area contributed by atoms with Gasteiger partial charge in [0.1, 0.15) is 24.9 Å². The maximum atomic E-state index is 14.7. The zero-order chi connectivity index (χ0) is 61.8. The van der Waals surface area contributed by atoms with Gasteiger partial charge in [-0.3, -0.25) is 24.0 Å². The second kappa shape index (κ2) is 31.0. The van der Waals surface area contributed by atoms with Gasteiger partial charge in [0, 0.05) is 27.2 Å². The number of terminal acetylenes is 1. The van der Waals surface area contributed by atoms with E-state index in [9.17, 15) is 48.3 Å². The number of methoxy groups -OCH3 is 1. The maximum absolute atomic E-state index is 14.7. The Labute approximate surface area is 494 Å². The summed E-state index contributed by atoms with van der Waals surface area (Å²) >= 11 is 0. The van der Waals surface area contributed by atoms with Crippen molar-refractivity contribution in [2.24, 2.45) is 0 Å². The first-order chi connectivity index (χ1) is 41.4. The predicted molar refractivity (Wildman–Crippen MR) is 299 cm³/mol. The van der Waals surface area contributed by atoms with Crippen molar-refractivity contribution in [1.29, 1.82) is 0 Å². The van der Waals surface area contributed by atoms with Gasteiger partial charge in [-0.15, -0.1) is 12.3 Å². The topological polar surface area (TPSA) is 299 Å². The number of nitrogens with one attached hydrogen (secondary N) is 2. The molecule has 7 rings (SSSR count). The van der Waals surface area contributed by atoms with E-state index in [0.717, 1.165) is 39.0 Å². The minimum Gasteiger partial charge on any atom is -0.465 e. The van der Waals surface area contributed by atoms with E-state index in [1.807, 2.05) is 42.5 Å². The average Bonchev–Trinajstić information content (AvgIpc) is 1.09. The van der Waals surface area contributed by atoms with Crippen molar-refractivity contribution in [1.82, 2.24) is 10.6 Å². The normalized spacial score (nSPS) is 22.1. The minimum atomic E-state index is -2.89. The van der Waals surface area contributed by atoms with Crippen molar-refractivity contribution in [3.63, 3.8) is 0 Å². The van der Waals surface area contributed by atoms with Crippen LogP contribution in [0.4, 0.5) is 0 Å². The van der Waals surface area contributed by atoms with E-state index in [2.05, 4.69) is 16.6 Å². The molecule has 5 aromatic rings. The average molecular weight is 1190 g/mol. The van der Waals surface area contributed by atoms with E-state index in [1.165, 1.54) is 36.4 Å². The highest BCUT2D eigenvalue weighted by Crippen LogP contribution is 2.39. The summed E-state index contributed by atoms with van der Waals surface area (Å²) in [6, 6.07) is 37.8. The summed E-state index contributed by atoms with van der Waals surface area (Å²) in [7, 11) is 0.934. The van der Waals surface area contributed by atoms with Crippen LogP contribution in [0.5, 0.6) is 0 Å². The molecule has 2 heterocycles. The van der Waals surface area contributed by atoms with Crippen molar-refractivity contribution >= 4 is 53.6 Å². The lowest BCUT2D eigenvalue weighted by Gasteiger charge is -2.49. The number of aliphatic hydroxyl groups excluding tert-OH is 1. The highest BCUT2D eigenvalue weighted by Gasteiger charge is 2.61. The van der Waals surface area contributed by atoms with Gasteiger partial charge in [0.25, 0.3) is 5.79 Å². The molecule has 2 aliphatic rings. The Hall–Kier alpha value is -9.31. The molecule has 0 spiro atoms. The molecule has 5 aromatic carbocycles. The van der Waals surface area contributed by atoms with Crippen molar-refractivity contribution < 1.29 is 100 Å². The number of hydrogen-bond acceptors (Lipinski definition) is 21. The zero-order valence-electron chi connectivity index (χ0n) is 47.3. The molecule has 0 radical (unpaired) electrons. The number of rotatable bonds is 25. The van der Waals surface area contributed by atoms with Gasteiger partial charge in [0.2, 0.25) is 11.8 Å². The first-order valence-electron chi connectivity index (χ1n) is 27.1. The van der Waals surface area contributed by atoms with Gasteiger partial charge in [-0.1, -0.05) is 109 Å². The molecule has 86 heavy (non-hydrogen) atoms. The summed E-state index contributed by atoms with van der Waals surface area (Å²) in [4.78, 5) is 124. The van der Waals surface area contributed by atoms with Crippen molar-refractivity contribution in [2.45, 2.75) is 107 Å². The third-order valence-electron chi connectivity index (χ3n) is 13.4. The summed E-state index contributed by atoms with van der Waals surface area (Å²) < 4.78 is 66.7. The number of benzene rings is 5. The van der Waals surface area contributed by atoms with Gasteiger partial charge in [-0.25, -0.2) is 19.2 Å². The number of aliphatic hydroxyl groups is 1. The summed E-state index contributed by atoms with van der Waals surface area (Å²) in [5, 5.41) is 15.2. The Balaban J connectivity index is 1.31. The standard InChI is InChI=1S/C63H64N2O21/c1-6-7-32-77-61-57(85-60(74)46-26-18-11-19-27-46)56(84-59(73)45-24-16-10-17-25-45)54(83-58(72)44-22-14-9-15-23-44)49(82-61)37-78-63(62(75)76-5)34-47(79-38(2)67)52(65-51(71)36-66)55(86-63)53(81-40(4)69)48(80-39(3)68)35-64-50(70)33-41-28-30-43(31-29-41)42-20-12-8-13-21-42/h1,8-31,47-49,52-57,61,66H,7,32-37H2,2-5H3,(H,64,70)(H,65,71)/t47-,48+,49+,52+,53+,54-,55+,56-,57+,61+,63?/m0/s1. The van der Waals surface area contributed by atoms with Crippen LogP contribution in [-0.2, 0) is 87.3 Å². The molecule has 0 aliphatic carbocycles. The van der Waals surface area contributed by atoms with Crippen LogP contribution in [0.25, 0.3) is 11.1 Å². The van der Waals surface area contributed by atoms with E-state index in [1.54, 1.807) is 66.7 Å². The predicted octanol–water partition coefficient (Wildman–Crippen LogP) is 4.40. The van der Waals surface area contributed by atoms with Crippen LogP contribution >= 0.6 is 0 Å². The Bertz CT molecular complexity index is 3180. The van der Waals surface area contributed by atoms with Crippen molar-refractivity contribution in [3.8, 4) is 23.5 Å². The Morgan fingerprint density at radius 3 is 1.69 bits per heavy atom. The van der Waals surface area contributed by atoms with Gasteiger partial charge >= 0.3 is 41.8 Å². The molecular weight excluding hydrogens is 1120 g/mol. The minimum absolute atomic E-state index is 0.00583. The third-order valence-corrected chi connectivity index (χ3v) is 13.4. The van der Waals surface area contributed by atoms with E-state index in [0.29, 0.717) is 5.56 Å². The van der Waals surface area contributed by atoms with Gasteiger partial charge in [0.05, 0.1) is 62.4 Å². The van der Waals surface area contributed by atoms with E-state index in [4.69, 9.17) is 58.5 Å². The number of carbonyl (C=O) groups is 9. The maximum Gasteiger partial charge on any atom is 0.366 e. The molecule has 23 nitrogen and oxygen atoms in total. The van der Waals surface area contributed by atoms with Crippen LogP contribution in [0.2, 0.25) is 0 Å². The molecule has 0 aromatic heterocycles. The molecule has 452 valence electrons. The molecule has 11 atom stereocenters. The van der Waals surface area contributed by atoms with Crippen LogP contribution in [0.1, 0.15) is 70.3 Å². The Morgan fingerprint density at radius 1 is 0.651 bits per heavy atom. The molecule has 1 unspecified atom stereocenters. The highest BCUT2D eigenvalue weighted by atomic mass is 16.8. The van der Waals surface area contributed by atoms with Crippen LogP contribution in [0.15, 0.2) is 146 Å². The summed E-state index contributed by atoms with van der Waals surface area (Å²) in [6.07, 6.45) is -12.0. The van der Waals surface area contributed by atoms with Crippen LogP contribution in [-0.4, -0.2) is 159 Å². The second-order valence-electron chi connectivity index (χ2n) is 19.6.